The molecule has 0 fully saturated rings. The molecule has 5 nitrogen and oxygen atoms in total. The van der Waals surface area contributed by atoms with E-state index in [1.54, 1.807) is 19.2 Å². The molecule has 0 saturated heterocycles. The van der Waals surface area contributed by atoms with Crippen molar-refractivity contribution in [2.45, 2.75) is 0 Å². The van der Waals surface area contributed by atoms with Crippen LogP contribution in [0.2, 0.25) is 0 Å². The van der Waals surface area contributed by atoms with Crippen molar-refractivity contribution < 1.29 is 19.0 Å². The Bertz CT molecular complexity index is 299. The Hall–Kier alpha value is -1.46. The molecule has 0 bridgehead atoms. The van der Waals surface area contributed by atoms with Gasteiger partial charge in [-0.25, -0.2) is 4.98 Å². The van der Waals surface area contributed by atoms with E-state index in [0.29, 0.717) is 44.2 Å². The summed E-state index contributed by atoms with van der Waals surface area (Å²) in [6.07, 6.45) is 2.20. The van der Waals surface area contributed by atoms with Crippen molar-refractivity contribution in [2.24, 2.45) is 0 Å². The number of aldehydes is 1. The lowest BCUT2D eigenvalue weighted by atomic mass is 10.4. The van der Waals surface area contributed by atoms with Crippen LogP contribution in [0, 0.1) is 0 Å². The Morgan fingerprint density at radius 3 is 2.69 bits per heavy atom. The Morgan fingerprint density at radius 1 is 1.25 bits per heavy atom. The minimum absolute atomic E-state index is 0.392. The Labute approximate surface area is 94.3 Å². The highest BCUT2D eigenvalue weighted by molar-refractivity contribution is 5.71. The van der Waals surface area contributed by atoms with Crippen LogP contribution >= 0.6 is 0 Å². The van der Waals surface area contributed by atoms with Crippen LogP contribution in [0.25, 0.3) is 0 Å². The van der Waals surface area contributed by atoms with Crippen LogP contribution < -0.4 is 4.74 Å². The number of rotatable bonds is 8. The van der Waals surface area contributed by atoms with Gasteiger partial charge in [0.2, 0.25) is 0 Å². The maximum Gasteiger partial charge on any atom is 0.168 e. The van der Waals surface area contributed by atoms with Crippen LogP contribution in [0.15, 0.2) is 18.3 Å². The van der Waals surface area contributed by atoms with Gasteiger partial charge in [-0.2, -0.15) is 0 Å². The van der Waals surface area contributed by atoms with E-state index < -0.39 is 0 Å². The number of methoxy groups -OCH3 is 1. The first kappa shape index (κ1) is 12.6. The second-order valence-electron chi connectivity index (χ2n) is 2.99. The molecule has 0 unspecified atom stereocenters. The van der Waals surface area contributed by atoms with Crippen molar-refractivity contribution in [1.82, 2.24) is 4.98 Å². The van der Waals surface area contributed by atoms with E-state index in [1.165, 1.54) is 6.20 Å². The van der Waals surface area contributed by atoms with Crippen LogP contribution in [0.1, 0.15) is 10.5 Å². The summed E-state index contributed by atoms with van der Waals surface area (Å²) in [6.45, 7) is 2.09. The topological polar surface area (TPSA) is 57.7 Å². The lowest BCUT2D eigenvalue weighted by Gasteiger charge is -2.06. The predicted octanol–water partition coefficient (Wildman–Crippen LogP) is 0.936. The van der Waals surface area contributed by atoms with Crippen molar-refractivity contribution in [3.63, 3.8) is 0 Å². The zero-order valence-corrected chi connectivity index (χ0v) is 9.22. The average molecular weight is 225 g/mol. The third-order valence-corrected chi connectivity index (χ3v) is 1.81. The summed E-state index contributed by atoms with van der Waals surface area (Å²) in [4.78, 5) is 14.2. The minimum atomic E-state index is 0.392. The van der Waals surface area contributed by atoms with Crippen molar-refractivity contribution in [1.29, 1.82) is 0 Å². The third-order valence-electron chi connectivity index (χ3n) is 1.81. The number of pyridine rings is 1. The SMILES string of the molecule is COCCOCCOc1ccc(C=O)nc1. The molecule has 0 aliphatic rings. The number of nitrogens with zero attached hydrogens (tertiary/aromatic N) is 1. The molecule has 0 aliphatic heterocycles. The number of ether oxygens (including phenoxy) is 3. The van der Waals surface area contributed by atoms with Gasteiger partial charge < -0.3 is 14.2 Å². The quantitative estimate of drug-likeness (QED) is 0.486. The molecular weight excluding hydrogens is 210 g/mol. The second kappa shape index (κ2) is 7.78. The van der Waals surface area contributed by atoms with E-state index in [2.05, 4.69) is 4.98 Å². The predicted molar refractivity (Wildman–Crippen MR) is 57.8 cm³/mol. The molecular formula is C11H15NO4. The molecule has 0 aliphatic carbocycles. The maximum absolute atomic E-state index is 10.3. The highest BCUT2D eigenvalue weighted by Gasteiger charge is 1.95. The van der Waals surface area contributed by atoms with Crippen LogP contribution in [-0.4, -0.2) is 44.8 Å². The zero-order valence-electron chi connectivity index (χ0n) is 9.22. The second-order valence-corrected chi connectivity index (χ2v) is 2.99. The largest absolute Gasteiger partial charge is 0.490 e. The van der Waals surface area contributed by atoms with Crippen LogP contribution in [0.3, 0.4) is 0 Å². The molecule has 88 valence electrons. The number of aromatic nitrogens is 1. The molecule has 16 heavy (non-hydrogen) atoms. The molecule has 0 spiro atoms. The van der Waals surface area contributed by atoms with Crippen molar-refractivity contribution >= 4 is 6.29 Å². The average Bonchev–Trinajstić information content (AvgIpc) is 2.34. The Kier molecular flexibility index (Phi) is 6.13. The van der Waals surface area contributed by atoms with Gasteiger partial charge in [0, 0.05) is 7.11 Å². The number of hydrogen-bond acceptors (Lipinski definition) is 5. The summed E-state index contributed by atoms with van der Waals surface area (Å²) in [5.41, 5.74) is 0.392. The van der Waals surface area contributed by atoms with Crippen molar-refractivity contribution in [3.8, 4) is 5.75 Å². The van der Waals surface area contributed by atoms with Gasteiger partial charge in [-0.3, -0.25) is 4.79 Å². The van der Waals surface area contributed by atoms with E-state index in [-0.39, 0.29) is 0 Å². The summed E-state index contributed by atoms with van der Waals surface area (Å²) in [5.74, 6) is 0.626. The molecule has 0 N–H and O–H groups in total. The van der Waals surface area contributed by atoms with Gasteiger partial charge in [-0.15, -0.1) is 0 Å². The zero-order chi connectivity index (χ0) is 11.6. The van der Waals surface area contributed by atoms with Crippen LogP contribution in [0.4, 0.5) is 0 Å². The fraction of sp³-hybridized carbons (Fsp3) is 0.455. The summed E-state index contributed by atoms with van der Waals surface area (Å²) in [7, 11) is 1.63. The number of carbonyl (C=O) groups is 1. The molecule has 0 aromatic carbocycles. The van der Waals surface area contributed by atoms with E-state index in [0.717, 1.165) is 0 Å². The van der Waals surface area contributed by atoms with Gasteiger partial charge in [0.1, 0.15) is 18.1 Å². The van der Waals surface area contributed by atoms with E-state index in [1.807, 2.05) is 0 Å². The molecule has 1 heterocycles. The molecule has 1 rings (SSSR count). The van der Waals surface area contributed by atoms with E-state index in [4.69, 9.17) is 14.2 Å². The normalized spacial score (nSPS) is 10.1. The van der Waals surface area contributed by atoms with Gasteiger partial charge in [0.05, 0.1) is 26.0 Å². The highest BCUT2D eigenvalue weighted by Crippen LogP contribution is 2.07. The fourth-order valence-corrected chi connectivity index (χ4v) is 1.01. The van der Waals surface area contributed by atoms with Gasteiger partial charge >= 0.3 is 0 Å². The summed E-state index contributed by atoms with van der Waals surface area (Å²) >= 11 is 0. The first-order valence-electron chi connectivity index (χ1n) is 4.97. The molecule has 1 aromatic rings. The van der Waals surface area contributed by atoms with Crippen LogP contribution in [0.5, 0.6) is 5.75 Å². The smallest absolute Gasteiger partial charge is 0.168 e. The molecule has 5 heteroatoms. The van der Waals surface area contributed by atoms with Gasteiger partial charge in [-0.1, -0.05) is 0 Å². The molecule has 1 aromatic heterocycles. The van der Waals surface area contributed by atoms with Crippen molar-refractivity contribution in [2.75, 3.05) is 33.5 Å². The maximum atomic E-state index is 10.3. The molecule has 0 radical (unpaired) electrons. The van der Waals surface area contributed by atoms with Crippen molar-refractivity contribution in [3.05, 3.63) is 24.0 Å². The Balaban J connectivity index is 2.14. The first-order chi connectivity index (χ1) is 7.86. The monoisotopic (exact) mass is 225 g/mol. The fourth-order valence-electron chi connectivity index (χ4n) is 1.01. The van der Waals surface area contributed by atoms with Gasteiger partial charge in [0.25, 0.3) is 0 Å². The first-order valence-corrected chi connectivity index (χ1v) is 4.97. The summed E-state index contributed by atoms with van der Waals surface area (Å²) in [6, 6.07) is 3.31. The van der Waals surface area contributed by atoms with Gasteiger partial charge in [0.15, 0.2) is 6.29 Å². The Morgan fingerprint density at radius 2 is 2.06 bits per heavy atom. The minimum Gasteiger partial charge on any atom is -0.490 e. The van der Waals surface area contributed by atoms with E-state index in [9.17, 15) is 4.79 Å². The van der Waals surface area contributed by atoms with Gasteiger partial charge in [-0.05, 0) is 12.1 Å². The summed E-state index contributed by atoms with van der Waals surface area (Å²) in [5, 5.41) is 0. The lowest BCUT2D eigenvalue weighted by Crippen LogP contribution is -2.10. The molecule has 0 atom stereocenters. The third kappa shape index (κ3) is 4.86. The van der Waals surface area contributed by atoms with E-state index >= 15 is 0 Å². The highest BCUT2D eigenvalue weighted by atomic mass is 16.5. The van der Waals surface area contributed by atoms with Crippen LogP contribution in [-0.2, 0) is 9.47 Å². The standard InChI is InChI=1S/C11H15NO4/c1-14-4-5-15-6-7-16-11-3-2-10(9-13)12-8-11/h2-3,8-9H,4-7H2,1H3. The summed E-state index contributed by atoms with van der Waals surface area (Å²) < 4.78 is 15.4. The number of carbonyl (C=O) groups excluding carboxylic acids is 1. The number of hydrogen-bond donors (Lipinski definition) is 0. The lowest BCUT2D eigenvalue weighted by molar-refractivity contribution is 0.0543. The molecule has 0 saturated carbocycles. The molecule has 0 amide bonds.